The highest BCUT2D eigenvalue weighted by Crippen LogP contribution is 2.40. The normalized spacial score (nSPS) is 18.8. The summed E-state index contributed by atoms with van der Waals surface area (Å²) in [7, 11) is 0. The second-order valence-corrected chi connectivity index (χ2v) is 6.54. The van der Waals surface area contributed by atoms with E-state index in [2.05, 4.69) is 10.3 Å². The quantitative estimate of drug-likeness (QED) is 0.902. The predicted octanol–water partition coefficient (Wildman–Crippen LogP) is 3.03. The number of urea groups is 1. The third kappa shape index (κ3) is 2.93. The number of rotatable bonds is 3. The number of carbonyl (C=O) groups excluding carboxylic acids is 1. The SMILES string of the molecule is O=C(O)C1CCN(C(=O)Nc2ccc3nc(C4CC4)oc3c2)CC1. The molecule has 7 nitrogen and oxygen atoms in total. The van der Waals surface area contributed by atoms with E-state index in [1.807, 2.05) is 12.1 Å². The summed E-state index contributed by atoms with van der Waals surface area (Å²) in [6, 6.07) is 5.23. The molecule has 24 heavy (non-hydrogen) atoms. The van der Waals surface area contributed by atoms with Gasteiger partial charge in [0, 0.05) is 30.8 Å². The summed E-state index contributed by atoms with van der Waals surface area (Å²) in [5, 5.41) is 11.9. The summed E-state index contributed by atoms with van der Waals surface area (Å²) in [5.74, 6) is 0.105. The fraction of sp³-hybridized carbons (Fsp3) is 0.471. The fourth-order valence-corrected chi connectivity index (χ4v) is 3.06. The minimum absolute atomic E-state index is 0.208. The Kier molecular flexibility index (Phi) is 3.63. The van der Waals surface area contributed by atoms with Crippen molar-refractivity contribution in [3.63, 3.8) is 0 Å². The standard InChI is InChI=1S/C17H19N3O4/c21-16(22)11-5-7-20(8-6-11)17(23)18-12-3-4-13-14(9-12)24-15(19-13)10-1-2-10/h3-4,9-11H,1-2,5-8H2,(H,18,23)(H,21,22). The third-order valence-electron chi connectivity index (χ3n) is 4.71. The number of oxazole rings is 1. The van der Waals surface area contributed by atoms with Gasteiger partial charge in [0.1, 0.15) is 5.52 Å². The molecule has 2 aromatic rings. The molecular weight excluding hydrogens is 310 g/mol. The molecule has 1 aromatic heterocycles. The summed E-state index contributed by atoms with van der Waals surface area (Å²) in [5.41, 5.74) is 2.14. The van der Waals surface area contributed by atoms with E-state index in [1.54, 1.807) is 11.0 Å². The average Bonchev–Trinajstić information content (AvgIpc) is 3.34. The van der Waals surface area contributed by atoms with Crippen LogP contribution in [0.5, 0.6) is 0 Å². The lowest BCUT2D eigenvalue weighted by molar-refractivity contribution is -0.143. The van der Waals surface area contributed by atoms with Crippen molar-refractivity contribution in [1.82, 2.24) is 9.88 Å². The Morgan fingerprint density at radius 2 is 1.96 bits per heavy atom. The van der Waals surface area contributed by atoms with Gasteiger partial charge in [-0.15, -0.1) is 0 Å². The van der Waals surface area contributed by atoms with Crippen molar-refractivity contribution < 1.29 is 19.1 Å². The van der Waals surface area contributed by atoms with Crippen molar-refractivity contribution in [2.45, 2.75) is 31.6 Å². The van der Waals surface area contributed by atoms with E-state index in [0.29, 0.717) is 43.1 Å². The number of aromatic nitrogens is 1. The topological polar surface area (TPSA) is 95.7 Å². The number of amides is 2. The summed E-state index contributed by atoms with van der Waals surface area (Å²) in [4.78, 5) is 29.4. The molecule has 1 saturated heterocycles. The van der Waals surface area contributed by atoms with E-state index in [4.69, 9.17) is 9.52 Å². The van der Waals surface area contributed by atoms with Gasteiger partial charge in [0.15, 0.2) is 11.5 Å². The van der Waals surface area contributed by atoms with Crippen LogP contribution in [0.3, 0.4) is 0 Å². The zero-order valence-corrected chi connectivity index (χ0v) is 13.2. The van der Waals surface area contributed by atoms with Gasteiger partial charge in [0.2, 0.25) is 0 Å². The number of carbonyl (C=O) groups is 2. The third-order valence-corrected chi connectivity index (χ3v) is 4.71. The van der Waals surface area contributed by atoms with Gasteiger partial charge >= 0.3 is 12.0 Å². The number of fused-ring (bicyclic) bond motifs is 1. The first kappa shape index (κ1) is 15.0. The first-order valence-corrected chi connectivity index (χ1v) is 8.29. The van der Waals surface area contributed by atoms with Crippen molar-refractivity contribution in [2.75, 3.05) is 18.4 Å². The molecule has 1 saturated carbocycles. The van der Waals surface area contributed by atoms with E-state index < -0.39 is 5.97 Å². The molecule has 1 aliphatic heterocycles. The van der Waals surface area contributed by atoms with Crippen LogP contribution in [0.25, 0.3) is 11.1 Å². The van der Waals surface area contributed by atoms with Gasteiger partial charge in [-0.2, -0.15) is 0 Å². The molecule has 1 aliphatic carbocycles. The number of carboxylic acid groups (broad SMARTS) is 1. The van der Waals surface area contributed by atoms with Crippen molar-refractivity contribution in [1.29, 1.82) is 0 Å². The maximum atomic E-state index is 12.3. The number of likely N-dealkylation sites (tertiary alicyclic amines) is 1. The van der Waals surface area contributed by atoms with Crippen LogP contribution >= 0.6 is 0 Å². The van der Waals surface area contributed by atoms with Crippen LogP contribution in [0.4, 0.5) is 10.5 Å². The molecule has 2 N–H and O–H groups in total. The number of piperidine rings is 1. The number of benzene rings is 1. The summed E-state index contributed by atoms with van der Waals surface area (Å²) >= 11 is 0. The highest BCUT2D eigenvalue weighted by Gasteiger charge is 2.29. The molecule has 7 heteroatoms. The Morgan fingerprint density at radius 3 is 2.62 bits per heavy atom. The molecule has 1 aromatic carbocycles. The van der Waals surface area contributed by atoms with Crippen LogP contribution < -0.4 is 5.32 Å². The number of hydrogen-bond donors (Lipinski definition) is 2. The zero-order valence-electron chi connectivity index (χ0n) is 13.2. The van der Waals surface area contributed by atoms with Gasteiger partial charge in [-0.25, -0.2) is 9.78 Å². The number of anilines is 1. The maximum Gasteiger partial charge on any atom is 0.321 e. The fourth-order valence-electron chi connectivity index (χ4n) is 3.06. The number of carboxylic acids is 1. The number of hydrogen-bond acceptors (Lipinski definition) is 4. The van der Waals surface area contributed by atoms with E-state index in [0.717, 1.165) is 24.2 Å². The molecule has 2 heterocycles. The molecule has 0 bridgehead atoms. The molecule has 0 unspecified atom stereocenters. The zero-order chi connectivity index (χ0) is 16.7. The van der Waals surface area contributed by atoms with Crippen molar-refractivity contribution in [3.05, 3.63) is 24.1 Å². The molecule has 4 rings (SSSR count). The highest BCUT2D eigenvalue weighted by atomic mass is 16.4. The van der Waals surface area contributed by atoms with E-state index >= 15 is 0 Å². The van der Waals surface area contributed by atoms with Gasteiger partial charge in [-0.3, -0.25) is 4.79 Å². The van der Waals surface area contributed by atoms with Crippen LogP contribution in [-0.4, -0.2) is 40.1 Å². The lowest BCUT2D eigenvalue weighted by Gasteiger charge is -2.30. The number of aliphatic carboxylic acids is 1. The van der Waals surface area contributed by atoms with Crippen LogP contribution in [0, 0.1) is 5.92 Å². The smallest absolute Gasteiger partial charge is 0.321 e. The summed E-state index contributed by atoms with van der Waals surface area (Å²) in [6.45, 7) is 0.915. The van der Waals surface area contributed by atoms with E-state index in [9.17, 15) is 9.59 Å². The minimum atomic E-state index is -0.780. The monoisotopic (exact) mass is 329 g/mol. The first-order valence-electron chi connectivity index (χ1n) is 8.29. The summed E-state index contributed by atoms with van der Waals surface area (Å²) < 4.78 is 5.76. The van der Waals surface area contributed by atoms with Gasteiger partial charge < -0.3 is 19.7 Å². The Morgan fingerprint density at radius 1 is 1.21 bits per heavy atom. The summed E-state index contributed by atoms with van der Waals surface area (Å²) in [6.07, 6.45) is 3.24. The Balaban J connectivity index is 1.42. The number of nitrogens with zero attached hydrogens (tertiary/aromatic N) is 2. The van der Waals surface area contributed by atoms with Crippen molar-refractivity contribution in [2.24, 2.45) is 5.92 Å². The van der Waals surface area contributed by atoms with Crippen molar-refractivity contribution >= 4 is 28.8 Å². The molecule has 126 valence electrons. The largest absolute Gasteiger partial charge is 0.481 e. The Labute approximate surface area is 138 Å². The van der Waals surface area contributed by atoms with Gasteiger partial charge in [-0.05, 0) is 37.8 Å². The maximum absolute atomic E-state index is 12.3. The van der Waals surface area contributed by atoms with Crippen LogP contribution in [0.1, 0.15) is 37.5 Å². The Bertz CT molecular complexity index is 788. The van der Waals surface area contributed by atoms with Crippen LogP contribution in [-0.2, 0) is 4.79 Å². The molecule has 2 amide bonds. The van der Waals surface area contributed by atoms with Crippen LogP contribution in [0.2, 0.25) is 0 Å². The highest BCUT2D eigenvalue weighted by molar-refractivity contribution is 5.91. The van der Waals surface area contributed by atoms with E-state index in [1.165, 1.54) is 0 Å². The second-order valence-electron chi connectivity index (χ2n) is 6.54. The second kappa shape index (κ2) is 5.81. The molecule has 0 spiro atoms. The van der Waals surface area contributed by atoms with Gasteiger partial charge in [-0.1, -0.05) is 0 Å². The molecule has 0 atom stereocenters. The molecule has 0 radical (unpaired) electrons. The van der Waals surface area contributed by atoms with Crippen molar-refractivity contribution in [3.8, 4) is 0 Å². The Hall–Kier alpha value is -2.57. The predicted molar refractivity (Wildman–Crippen MR) is 86.9 cm³/mol. The molecule has 2 fully saturated rings. The number of nitrogens with one attached hydrogen (secondary N) is 1. The van der Waals surface area contributed by atoms with Crippen LogP contribution in [0.15, 0.2) is 22.6 Å². The van der Waals surface area contributed by atoms with E-state index in [-0.39, 0.29) is 11.9 Å². The minimum Gasteiger partial charge on any atom is -0.481 e. The van der Waals surface area contributed by atoms with Gasteiger partial charge in [0.05, 0.1) is 5.92 Å². The molecular formula is C17H19N3O4. The average molecular weight is 329 g/mol. The lowest BCUT2D eigenvalue weighted by atomic mass is 9.97. The lowest BCUT2D eigenvalue weighted by Crippen LogP contribution is -2.42. The molecule has 2 aliphatic rings. The first-order chi connectivity index (χ1) is 11.6. The van der Waals surface area contributed by atoms with Gasteiger partial charge in [0.25, 0.3) is 0 Å².